The van der Waals surface area contributed by atoms with Crippen molar-refractivity contribution in [3.8, 4) is 11.5 Å². The van der Waals surface area contributed by atoms with Gasteiger partial charge in [-0.1, -0.05) is 0 Å². The number of hydrogen-bond donors (Lipinski definition) is 2. The van der Waals surface area contributed by atoms with Crippen LogP contribution in [0.15, 0.2) is 18.2 Å². The summed E-state index contributed by atoms with van der Waals surface area (Å²) < 4.78 is 11.0. The minimum absolute atomic E-state index is 0.0509. The summed E-state index contributed by atoms with van der Waals surface area (Å²) in [6.07, 6.45) is 1.87. The second kappa shape index (κ2) is 8.71. The number of nitrogens with zero attached hydrogens (tertiary/aromatic N) is 1. The van der Waals surface area contributed by atoms with Crippen LogP contribution in [0.25, 0.3) is 0 Å². The molecule has 7 nitrogen and oxygen atoms in total. The molecule has 1 atom stereocenters. The number of amides is 1. The number of benzene rings is 1. The van der Waals surface area contributed by atoms with Gasteiger partial charge in [-0.05, 0) is 45.7 Å². The molecule has 0 aromatic heterocycles. The van der Waals surface area contributed by atoms with Gasteiger partial charge >= 0.3 is 5.97 Å². The summed E-state index contributed by atoms with van der Waals surface area (Å²) >= 11 is 0. The Kier molecular flexibility index (Phi) is 6.64. The molecular formula is C18H26N2O5. The molecule has 0 heterocycles. The summed E-state index contributed by atoms with van der Waals surface area (Å²) in [5.74, 6) is 0.0348. The third-order valence-corrected chi connectivity index (χ3v) is 4.02. The highest BCUT2D eigenvalue weighted by Crippen LogP contribution is 2.31. The average molecular weight is 350 g/mol. The van der Waals surface area contributed by atoms with Crippen LogP contribution in [0.4, 0.5) is 5.69 Å². The van der Waals surface area contributed by atoms with E-state index in [1.165, 1.54) is 0 Å². The highest BCUT2D eigenvalue weighted by atomic mass is 16.5. The number of anilines is 1. The lowest BCUT2D eigenvalue weighted by Crippen LogP contribution is -2.44. The van der Waals surface area contributed by atoms with Crippen molar-refractivity contribution in [2.45, 2.75) is 45.7 Å². The van der Waals surface area contributed by atoms with Gasteiger partial charge < -0.3 is 19.9 Å². The molecule has 2 N–H and O–H groups in total. The Hall–Kier alpha value is -2.28. The van der Waals surface area contributed by atoms with E-state index in [0.717, 1.165) is 12.8 Å². The average Bonchev–Trinajstić information content (AvgIpc) is 3.39. The topological polar surface area (TPSA) is 88.1 Å². The van der Waals surface area contributed by atoms with Gasteiger partial charge in [0.2, 0.25) is 5.91 Å². The van der Waals surface area contributed by atoms with E-state index in [4.69, 9.17) is 9.47 Å². The zero-order chi connectivity index (χ0) is 18.4. The molecule has 0 spiro atoms. The monoisotopic (exact) mass is 350 g/mol. The largest absolute Gasteiger partial charge is 0.490 e. The first kappa shape index (κ1) is 19.1. The summed E-state index contributed by atoms with van der Waals surface area (Å²) in [5, 5.41) is 12.0. The Morgan fingerprint density at radius 1 is 1.24 bits per heavy atom. The van der Waals surface area contributed by atoms with Crippen LogP contribution in [0.1, 0.15) is 33.6 Å². The van der Waals surface area contributed by atoms with Gasteiger partial charge in [0.05, 0.1) is 19.8 Å². The van der Waals surface area contributed by atoms with Crippen molar-refractivity contribution in [1.29, 1.82) is 0 Å². The molecule has 2 rings (SSSR count). The Labute approximate surface area is 147 Å². The van der Waals surface area contributed by atoms with Gasteiger partial charge in [0, 0.05) is 17.8 Å². The van der Waals surface area contributed by atoms with E-state index in [1.807, 2.05) is 13.8 Å². The zero-order valence-electron chi connectivity index (χ0n) is 14.9. The number of nitrogens with one attached hydrogen (secondary N) is 1. The smallest absolute Gasteiger partial charge is 0.320 e. The van der Waals surface area contributed by atoms with Crippen molar-refractivity contribution in [1.82, 2.24) is 4.90 Å². The van der Waals surface area contributed by atoms with E-state index in [1.54, 1.807) is 30.0 Å². The lowest BCUT2D eigenvalue weighted by Gasteiger charge is -2.25. The molecule has 1 aromatic carbocycles. The normalized spacial score (nSPS) is 14.9. The predicted molar refractivity (Wildman–Crippen MR) is 94.2 cm³/mol. The molecule has 138 valence electrons. The van der Waals surface area contributed by atoms with Gasteiger partial charge in [-0.2, -0.15) is 0 Å². The van der Waals surface area contributed by atoms with Crippen LogP contribution in [-0.2, 0) is 9.59 Å². The van der Waals surface area contributed by atoms with Crippen molar-refractivity contribution >= 4 is 17.6 Å². The first-order chi connectivity index (χ1) is 12.0. The SMILES string of the molecule is CCOc1ccc(NC(=O)CN(C2CC2)C(C)C(=O)O)cc1OCC. The Balaban J connectivity index is 2.03. The van der Waals surface area contributed by atoms with Crippen molar-refractivity contribution < 1.29 is 24.2 Å². The number of carboxylic acid groups (broad SMARTS) is 1. The molecule has 1 aliphatic carbocycles. The van der Waals surface area contributed by atoms with Crippen molar-refractivity contribution in [3.05, 3.63) is 18.2 Å². The van der Waals surface area contributed by atoms with Crippen LogP contribution in [-0.4, -0.2) is 53.7 Å². The number of carboxylic acids is 1. The second-order valence-electron chi connectivity index (χ2n) is 5.99. The highest BCUT2D eigenvalue weighted by Gasteiger charge is 2.36. The molecule has 1 aliphatic rings. The molecule has 1 amide bonds. The number of rotatable bonds is 10. The van der Waals surface area contributed by atoms with E-state index in [9.17, 15) is 14.7 Å². The van der Waals surface area contributed by atoms with Crippen LogP contribution in [0.5, 0.6) is 11.5 Å². The van der Waals surface area contributed by atoms with Gasteiger partial charge in [0.25, 0.3) is 0 Å². The summed E-state index contributed by atoms with van der Waals surface area (Å²) in [4.78, 5) is 25.3. The molecule has 25 heavy (non-hydrogen) atoms. The van der Waals surface area contributed by atoms with Crippen molar-refractivity contribution in [2.24, 2.45) is 0 Å². The van der Waals surface area contributed by atoms with Crippen molar-refractivity contribution in [2.75, 3.05) is 25.1 Å². The number of ether oxygens (including phenoxy) is 2. The molecule has 1 unspecified atom stereocenters. The van der Waals surface area contributed by atoms with Gasteiger partial charge in [-0.15, -0.1) is 0 Å². The Morgan fingerprint density at radius 2 is 1.88 bits per heavy atom. The zero-order valence-corrected chi connectivity index (χ0v) is 14.9. The van der Waals surface area contributed by atoms with E-state index >= 15 is 0 Å². The van der Waals surface area contributed by atoms with E-state index in [0.29, 0.717) is 30.4 Å². The molecule has 1 saturated carbocycles. The summed E-state index contributed by atoms with van der Waals surface area (Å²) in [6, 6.07) is 4.71. The summed E-state index contributed by atoms with van der Waals surface area (Å²) in [6.45, 7) is 6.44. The molecular weight excluding hydrogens is 324 g/mol. The van der Waals surface area contributed by atoms with E-state index < -0.39 is 12.0 Å². The maximum absolute atomic E-state index is 12.3. The summed E-state index contributed by atoms with van der Waals surface area (Å²) in [7, 11) is 0. The maximum atomic E-state index is 12.3. The van der Waals surface area contributed by atoms with Crippen molar-refractivity contribution in [3.63, 3.8) is 0 Å². The lowest BCUT2D eigenvalue weighted by molar-refractivity contribution is -0.143. The van der Waals surface area contributed by atoms with Crippen LogP contribution in [0.2, 0.25) is 0 Å². The Bertz CT molecular complexity index is 615. The number of carbonyl (C=O) groups excluding carboxylic acids is 1. The fraction of sp³-hybridized carbons (Fsp3) is 0.556. The molecule has 0 radical (unpaired) electrons. The van der Waals surface area contributed by atoms with Gasteiger partial charge in [-0.25, -0.2) is 0 Å². The van der Waals surface area contributed by atoms with E-state index in [-0.39, 0.29) is 18.5 Å². The molecule has 1 fully saturated rings. The third-order valence-electron chi connectivity index (χ3n) is 4.02. The quantitative estimate of drug-likeness (QED) is 0.673. The van der Waals surface area contributed by atoms with E-state index in [2.05, 4.69) is 5.32 Å². The van der Waals surface area contributed by atoms with Crippen LogP contribution >= 0.6 is 0 Å². The molecule has 0 saturated heterocycles. The predicted octanol–water partition coefficient (Wildman–Crippen LogP) is 2.36. The number of aliphatic carboxylic acids is 1. The minimum Gasteiger partial charge on any atom is -0.490 e. The third kappa shape index (κ3) is 5.35. The fourth-order valence-electron chi connectivity index (χ4n) is 2.63. The number of hydrogen-bond acceptors (Lipinski definition) is 5. The molecule has 0 bridgehead atoms. The van der Waals surface area contributed by atoms with Crippen LogP contribution in [0, 0.1) is 0 Å². The maximum Gasteiger partial charge on any atom is 0.320 e. The second-order valence-corrected chi connectivity index (χ2v) is 5.99. The van der Waals surface area contributed by atoms with Crippen LogP contribution in [0.3, 0.4) is 0 Å². The van der Waals surface area contributed by atoms with Crippen LogP contribution < -0.4 is 14.8 Å². The first-order valence-corrected chi connectivity index (χ1v) is 8.64. The molecule has 7 heteroatoms. The molecule has 1 aromatic rings. The molecule has 0 aliphatic heterocycles. The van der Waals surface area contributed by atoms with Gasteiger partial charge in [0.15, 0.2) is 11.5 Å². The van der Waals surface area contributed by atoms with Gasteiger partial charge in [0.1, 0.15) is 6.04 Å². The summed E-state index contributed by atoms with van der Waals surface area (Å²) in [5.41, 5.74) is 0.593. The number of carbonyl (C=O) groups is 2. The Morgan fingerprint density at radius 3 is 2.44 bits per heavy atom. The van der Waals surface area contributed by atoms with Gasteiger partial charge in [-0.3, -0.25) is 14.5 Å². The lowest BCUT2D eigenvalue weighted by atomic mass is 10.2. The fourth-order valence-corrected chi connectivity index (χ4v) is 2.63. The minimum atomic E-state index is -0.917. The highest BCUT2D eigenvalue weighted by molar-refractivity contribution is 5.93. The standard InChI is InChI=1S/C18H26N2O5/c1-4-24-15-9-6-13(10-16(15)25-5-2)19-17(21)11-20(14-7-8-14)12(3)18(22)23/h6,9-10,12,14H,4-5,7-8,11H2,1-3H3,(H,19,21)(H,22,23). The first-order valence-electron chi connectivity index (χ1n) is 8.64.